The molecule has 2 amide bonds. The van der Waals surface area contributed by atoms with Crippen LogP contribution < -0.4 is 15.4 Å². The molecule has 1 atom stereocenters. The van der Waals surface area contributed by atoms with Gasteiger partial charge in [-0.1, -0.05) is 48.0 Å². The Hall–Kier alpha value is -2.68. The van der Waals surface area contributed by atoms with Gasteiger partial charge in [-0.25, -0.2) is 12.7 Å². The van der Waals surface area contributed by atoms with Crippen LogP contribution >= 0.6 is 27.3 Å². The van der Waals surface area contributed by atoms with E-state index in [2.05, 4.69) is 31.3 Å². The van der Waals surface area contributed by atoms with Crippen molar-refractivity contribution in [2.24, 2.45) is 5.92 Å². The van der Waals surface area contributed by atoms with Gasteiger partial charge in [0.15, 0.2) is 5.75 Å². The number of amides is 2. The van der Waals surface area contributed by atoms with Gasteiger partial charge >= 0.3 is 6.36 Å². The maximum absolute atomic E-state index is 13.0. The van der Waals surface area contributed by atoms with E-state index in [0.717, 1.165) is 26.5 Å². The average molecular weight is 665 g/mol. The lowest BCUT2D eigenvalue weighted by molar-refractivity contribution is -0.275. The number of rotatable bonds is 12. The van der Waals surface area contributed by atoms with Crippen molar-refractivity contribution in [1.82, 2.24) is 14.9 Å². The Morgan fingerprint density at radius 1 is 1.12 bits per heavy atom. The molecular weight excluding hydrogens is 635 g/mol. The van der Waals surface area contributed by atoms with Crippen molar-refractivity contribution >= 4 is 59.2 Å². The highest BCUT2D eigenvalue weighted by atomic mass is 79.9. The Morgan fingerprint density at radius 2 is 1.82 bits per heavy atom. The van der Waals surface area contributed by atoms with Gasteiger partial charge in [0.25, 0.3) is 5.91 Å². The Balaban J connectivity index is 1.59. The third-order valence-electron chi connectivity index (χ3n) is 5.75. The number of carbonyl (C=O) groups excluding carboxylic acids is 2. The summed E-state index contributed by atoms with van der Waals surface area (Å²) in [5, 5.41) is 6.44. The molecule has 1 aromatic heterocycles. The molecule has 2 N–H and O–H groups in total. The fourth-order valence-electron chi connectivity index (χ4n) is 3.85. The fourth-order valence-corrected chi connectivity index (χ4v) is 6.46. The molecule has 0 unspecified atom stereocenters. The number of benzene rings is 2. The van der Waals surface area contributed by atoms with E-state index >= 15 is 0 Å². The van der Waals surface area contributed by atoms with Gasteiger partial charge in [-0.2, -0.15) is 0 Å². The van der Waals surface area contributed by atoms with Crippen LogP contribution in [0.1, 0.15) is 36.4 Å². The van der Waals surface area contributed by atoms with E-state index in [1.54, 1.807) is 6.07 Å². The first kappa shape index (κ1) is 31.8. The zero-order valence-corrected chi connectivity index (χ0v) is 25.1. The van der Waals surface area contributed by atoms with Crippen molar-refractivity contribution < 1.29 is 35.9 Å². The van der Waals surface area contributed by atoms with Crippen molar-refractivity contribution in [2.45, 2.75) is 44.0 Å². The number of thiophene rings is 1. The number of nitrogens with one attached hydrogen (secondary N) is 2. The topological polar surface area (TPSA) is 105 Å². The minimum atomic E-state index is -5.08. The van der Waals surface area contributed by atoms with Crippen molar-refractivity contribution in [3.05, 3.63) is 57.9 Å². The third-order valence-corrected chi connectivity index (χ3v) is 9.25. The number of sulfonamides is 1. The van der Waals surface area contributed by atoms with E-state index in [4.69, 9.17) is 0 Å². The quantitative estimate of drug-likeness (QED) is 0.248. The van der Waals surface area contributed by atoms with Gasteiger partial charge in [-0.05, 0) is 54.5 Å². The monoisotopic (exact) mass is 663 g/mol. The van der Waals surface area contributed by atoms with Crippen LogP contribution in [-0.2, 0) is 14.8 Å². The molecule has 0 fully saturated rings. The molecule has 0 aliphatic heterocycles. The predicted molar refractivity (Wildman–Crippen MR) is 151 cm³/mol. The molecule has 14 heteroatoms. The van der Waals surface area contributed by atoms with Crippen LogP contribution in [0.3, 0.4) is 0 Å². The number of alkyl halides is 3. The number of nitrogens with zero attached hydrogens (tertiary/aromatic N) is 1. The molecule has 0 aliphatic carbocycles. The van der Waals surface area contributed by atoms with E-state index in [1.807, 2.05) is 38.1 Å². The second-order valence-electron chi connectivity index (χ2n) is 9.41. The SMILES string of the molecule is CC(C)C[C@H](NC(=O)c1cc2ccccc2s1)C(=O)NCCCN(C)S(=O)(=O)c1ccc(Br)cc1OC(F)(F)F. The Morgan fingerprint density at radius 3 is 2.48 bits per heavy atom. The fraction of sp³-hybridized carbons (Fsp3) is 0.385. The normalized spacial score (nSPS) is 13.0. The van der Waals surface area contributed by atoms with Gasteiger partial charge in [0.1, 0.15) is 10.9 Å². The van der Waals surface area contributed by atoms with Gasteiger partial charge in [-0.3, -0.25) is 9.59 Å². The van der Waals surface area contributed by atoms with Crippen molar-refractivity contribution in [1.29, 1.82) is 0 Å². The number of hydrogen-bond donors (Lipinski definition) is 2. The largest absolute Gasteiger partial charge is 0.573 e. The number of fused-ring (bicyclic) bond motifs is 1. The maximum Gasteiger partial charge on any atom is 0.573 e. The number of carbonyl (C=O) groups is 2. The lowest BCUT2D eigenvalue weighted by Crippen LogP contribution is -2.47. The molecule has 0 radical (unpaired) electrons. The Labute approximate surface area is 243 Å². The molecule has 0 spiro atoms. The zero-order chi connectivity index (χ0) is 29.7. The number of ether oxygens (including phenoxy) is 1. The molecule has 3 rings (SSSR count). The summed E-state index contributed by atoms with van der Waals surface area (Å²) >= 11 is 4.34. The second kappa shape index (κ2) is 13.3. The summed E-state index contributed by atoms with van der Waals surface area (Å²) in [6, 6.07) is 11.8. The highest BCUT2D eigenvalue weighted by molar-refractivity contribution is 9.10. The van der Waals surface area contributed by atoms with Crippen LogP contribution in [0.4, 0.5) is 13.2 Å². The first-order valence-corrected chi connectivity index (χ1v) is 15.3. The first-order chi connectivity index (χ1) is 18.7. The lowest BCUT2D eigenvalue weighted by Gasteiger charge is -2.21. The van der Waals surface area contributed by atoms with Gasteiger partial charge in [-0.15, -0.1) is 24.5 Å². The lowest BCUT2D eigenvalue weighted by atomic mass is 10.0. The number of halogens is 4. The summed E-state index contributed by atoms with van der Waals surface area (Å²) in [5.41, 5.74) is 0. The van der Waals surface area contributed by atoms with Crippen molar-refractivity contribution in [3.63, 3.8) is 0 Å². The van der Waals surface area contributed by atoms with Crippen LogP contribution in [0.5, 0.6) is 5.75 Å². The molecule has 0 saturated carbocycles. The summed E-state index contributed by atoms with van der Waals surface area (Å²) in [6.45, 7) is 3.83. The van der Waals surface area contributed by atoms with Crippen LogP contribution in [-0.4, -0.2) is 57.1 Å². The van der Waals surface area contributed by atoms with Crippen molar-refractivity contribution in [3.8, 4) is 5.75 Å². The molecule has 2 aromatic carbocycles. The smallest absolute Gasteiger partial charge is 0.404 e. The summed E-state index contributed by atoms with van der Waals surface area (Å²) in [7, 11) is -3.10. The summed E-state index contributed by atoms with van der Waals surface area (Å²) in [5.74, 6) is -1.52. The Bertz CT molecular complexity index is 1430. The van der Waals surface area contributed by atoms with E-state index in [-0.39, 0.29) is 35.8 Å². The van der Waals surface area contributed by atoms with Crippen LogP contribution in [0.25, 0.3) is 10.1 Å². The summed E-state index contributed by atoms with van der Waals surface area (Å²) in [6.07, 6.45) is -4.51. The van der Waals surface area contributed by atoms with Gasteiger partial charge in [0, 0.05) is 29.3 Å². The standard InChI is InChI=1S/C26H29BrF3N3O5S2/c1-16(2)13-19(32-25(35)22-14-17-7-4-5-8-21(17)39-22)24(34)31-11-6-12-33(3)40(36,37)23-10-9-18(27)15-20(23)38-26(28,29)30/h4-5,7-10,14-16,19H,6,11-13H2,1-3H3,(H,31,34)(H,32,35)/t19-/m0/s1. The summed E-state index contributed by atoms with van der Waals surface area (Å²) in [4.78, 5) is 25.6. The molecule has 1 heterocycles. The first-order valence-electron chi connectivity index (χ1n) is 12.3. The highest BCUT2D eigenvalue weighted by Gasteiger charge is 2.35. The Kier molecular flexibility index (Phi) is 10.6. The third kappa shape index (κ3) is 8.66. The molecule has 0 bridgehead atoms. The van der Waals surface area contributed by atoms with Crippen molar-refractivity contribution in [2.75, 3.05) is 20.1 Å². The molecule has 8 nitrogen and oxygen atoms in total. The molecule has 40 heavy (non-hydrogen) atoms. The van der Waals surface area contributed by atoms with Crippen LogP contribution in [0, 0.1) is 5.92 Å². The highest BCUT2D eigenvalue weighted by Crippen LogP contribution is 2.33. The van der Waals surface area contributed by atoms with E-state index < -0.39 is 39.0 Å². The predicted octanol–water partition coefficient (Wildman–Crippen LogP) is 5.53. The molecule has 0 saturated heterocycles. The van der Waals surface area contributed by atoms with E-state index in [1.165, 1.54) is 24.5 Å². The molecule has 3 aromatic rings. The maximum atomic E-state index is 13.0. The van der Waals surface area contributed by atoms with Crippen LogP contribution in [0.15, 0.2) is 57.9 Å². The van der Waals surface area contributed by atoms with Gasteiger partial charge in [0.05, 0.1) is 4.88 Å². The van der Waals surface area contributed by atoms with E-state index in [9.17, 15) is 31.2 Å². The molecular formula is C26H29BrF3N3O5S2. The molecule has 0 aliphatic rings. The van der Waals surface area contributed by atoms with Gasteiger partial charge < -0.3 is 15.4 Å². The van der Waals surface area contributed by atoms with E-state index in [0.29, 0.717) is 11.3 Å². The van der Waals surface area contributed by atoms with Crippen LogP contribution in [0.2, 0.25) is 0 Å². The minimum Gasteiger partial charge on any atom is -0.404 e. The minimum absolute atomic E-state index is 0.0816. The summed E-state index contributed by atoms with van der Waals surface area (Å²) < 4.78 is 70.4. The van der Waals surface area contributed by atoms with Gasteiger partial charge in [0.2, 0.25) is 15.9 Å². The molecule has 218 valence electrons. The zero-order valence-electron chi connectivity index (χ0n) is 21.9. The average Bonchev–Trinajstić information content (AvgIpc) is 3.29. The number of hydrogen-bond acceptors (Lipinski definition) is 6. The second-order valence-corrected chi connectivity index (χ2v) is 13.4.